The number of methoxy groups -OCH3 is 1. The van der Waals surface area contributed by atoms with Crippen LogP contribution < -0.4 is 10.1 Å². The number of carbonyl (C=O) groups excluding carboxylic acids is 2. The van der Waals surface area contributed by atoms with Crippen molar-refractivity contribution >= 4 is 28.4 Å². The van der Waals surface area contributed by atoms with E-state index in [0.29, 0.717) is 11.3 Å². The number of rotatable bonds is 6. The molecule has 0 spiro atoms. The third-order valence-electron chi connectivity index (χ3n) is 3.68. The highest BCUT2D eigenvalue weighted by Crippen LogP contribution is 2.38. The van der Waals surface area contributed by atoms with E-state index < -0.39 is 23.4 Å². The van der Waals surface area contributed by atoms with Crippen molar-refractivity contribution in [1.29, 1.82) is 0 Å². The van der Waals surface area contributed by atoms with Gasteiger partial charge in [-0.1, -0.05) is 12.1 Å². The van der Waals surface area contributed by atoms with E-state index in [1.54, 1.807) is 12.1 Å². The molecule has 11 heteroatoms. The number of carbonyl (C=O) groups is 2. The first-order valence-corrected chi connectivity index (χ1v) is 8.93. The van der Waals surface area contributed by atoms with Crippen LogP contribution >= 0.6 is 11.5 Å². The number of nitrogens with one attached hydrogen (secondary N) is 1. The van der Waals surface area contributed by atoms with Crippen LogP contribution in [0, 0.1) is 0 Å². The molecule has 0 aliphatic carbocycles. The van der Waals surface area contributed by atoms with Crippen molar-refractivity contribution in [2.75, 3.05) is 12.4 Å². The van der Waals surface area contributed by atoms with Crippen LogP contribution in [0.15, 0.2) is 34.7 Å². The van der Waals surface area contributed by atoms with Gasteiger partial charge >= 0.3 is 6.18 Å². The molecule has 3 rings (SSSR count). The summed E-state index contributed by atoms with van der Waals surface area (Å²) in [6.45, 7) is 1.35. The van der Waals surface area contributed by atoms with Gasteiger partial charge < -0.3 is 9.15 Å². The van der Waals surface area contributed by atoms with Crippen LogP contribution in [0.5, 0.6) is 5.75 Å². The van der Waals surface area contributed by atoms with Gasteiger partial charge in [-0.05, 0) is 25.1 Å². The number of aromatic nitrogens is 2. The second kappa shape index (κ2) is 8.03. The fourth-order valence-electron chi connectivity index (χ4n) is 2.45. The fraction of sp³-hybridized carbons (Fsp3) is 0.222. The molecule has 0 unspecified atom stereocenters. The molecule has 0 aliphatic heterocycles. The Kier molecular flexibility index (Phi) is 5.69. The lowest BCUT2D eigenvalue weighted by molar-refractivity contribution is -0.153. The number of furan rings is 1. The van der Waals surface area contributed by atoms with Gasteiger partial charge in [-0.3, -0.25) is 14.9 Å². The first-order valence-electron chi connectivity index (χ1n) is 8.16. The van der Waals surface area contributed by atoms with Gasteiger partial charge in [-0.2, -0.15) is 17.5 Å². The molecule has 0 aliphatic rings. The zero-order chi connectivity index (χ0) is 21.2. The predicted octanol–water partition coefficient (Wildman–Crippen LogP) is 4.21. The molecule has 0 radical (unpaired) electrons. The molecular formula is C18H14F3N3O4S. The Morgan fingerprint density at radius 1 is 1.28 bits per heavy atom. The van der Waals surface area contributed by atoms with Crippen molar-refractivity contribution in [2.45, 2.75) is 19.5 Å². The molecule has 29 heavy (non-hydrogen) atoms. The highest BCUT2D eigenvalue weighted by atomic mass is 32.1. The minimum absolute atomic E-state index is 0.0245. The number of ketones is 1. The van der Waals surface area contributed by atoms with Gasteiger partial charge in [-0.25, -0.2) is 4.98 Å². The SMILES string of the molecule is COc1cccc(-c2cc(C(=O)Nc3nc(CC(C)=O)ns3)c(C(F)(F)F)o2)c1. The third kappa shape index (κ3) is 4.80. The van der Waals surface area contributed by atoms with Crippen molar-refractivity contribution in [3.05, 3.63) is 47.5 Å². The highest BCUT2D eigenvalue weighted by Gasteiger charge is 2.40. The predicted molar refractivity (Wildman–Crippen MR) is 97.9 cm³/mol. The maximum absolute atomic E-state index is 13.4. The van der Waals surface area contributed by atoms with Crippen LogP contribution in [0.25, 0.3) is 11.3 Å². The Morgan fingerprint density at radius 2 is 2.03 bits per heavy atom. The molecule has 2 heterocycles. The van der Waals surface area contributed by atoms with Gasteiger partial charge in [-0.15, -0.1) is 0 Å². The standard InChI is InChI=1S/C18H14F3N3O4S/c1-9(25)6-14-22-17(29-24-14)23-16(26)12-8-13(28-15(12)18(19,20)21)10-4-3-5-11(7-10)27-2/h3-5,7-8H,6H2,1-2H3,(H,22,23,24,26). The summed E-state index contributed by atoms with van der Waals surface area (Å²) in [4.78, 5) is 27.5. The van der Waals surface area contributed by atoms with Crippen molar-refractivity contribution in [2.24, 2.45) is 0 Å². The van der Waals surface area contributed by atoms with E-state index in [-0.39, 0.29) is 28.9 Å². The molecule has 1 amide bonds. The Hall–Kier alpha value is -3.21. The number of hydrogen-bond acceptors (Lipinski definition) is 7. The number of anilines is 1. The van der Waals surface area contributed by atoms with E-state index in [1.165, 1.54) is 26.2 Å². The lowest BCUT2D eigenvalue weighted by atomic mass is 10.1. The molecule has 0 saturated heterocycles. The monoisotopic (exact) mass is 425 g/mol. The molecule has 2 aromatic heterocycles. The van der Waals surface area contributed by atoms with Crippen molar-refractivity contribution in [3.8, 4) is 17.1 Å². The number of amides is 1. The van der Waals surface area contributed by atoms with Crippen LogP contribution in [-0.4, -0.2) is 28.2 Å². The van der Waals surface area contributed by atoms with Crippen LogP contribution in [0.2, 0.25) is 0 Å². The molecule has 0 fully saturated rings. The molecule has 1 aromatic carbocycles. The second-order valence-corrected chi connectivity index (χ2v) is 6.68. The van der Waals surface area contributed by atoms with E-state index in [2.05, 4.69) is 14.7 Å². The first kappa shape index (κ1) is 20.5. The highest BCUT2D eigenvalue weighted by molar-refractivity contribution is 7.09. The zero-order valence-electron chi connectivity index (χ0n) is 15.2. The van der Waals surface area contributed by atoms with Crippen LogP contribution in [0.3, 0.4) is 0 Å². The van der Waals surface area contributed by atoms with E-state index in [1.807, 2.05) is 0 Å². The van der Waals surface area contributed by atoms with Gasteiger partial charge in [0, 0.05) is 17.1 Å². The number of ether oxygens (including phenoxy) is 1. The van der Waals surface area contributed by atoms with Gasteiger partial charge in [0.1, 0.15) is 17.3 Å². The summed E-state index contributed by atoms with van der Waals surface area (Å²) in [5.74, 6) is -2.21. The minimum atomic E-state index is -4.88. The molecule has 0 saturated carbocycles. The van der Waals surface area contributed by atoms with Crippen LogP contribution in [0.1, 0.15) is 28.9 Å². The number of benzene rings is 1. The van der Waals surface area contributed by atoms with Crippen LogP contribution in [0.4, 0.5) is 18.3 Å². The largest absolute Gasteiger partial charge is 0.497 e. The van der Waals surface area contributed by atoms with E-state index in [0.717, 1.165) is 17.6 Å². The average Bonchev–Trinajstić information content (AvgIpc) is 3.28. The second-order valence-electron chi connectivity index (χ2n) is 5.93. The average molecular weight is 425 g/mol. The number of alkyl halides is 3. The number of halogens is 3. The maximum atomic E-state index is 13.4. The molecule has 0 atom stereocenters. The summed E-state index contributed by atoms with van der Waals surface area (Å²) in [7, 11) is 1.42. The fourth-order valence-corrected chi connectivity index (χ4v) is 3.03. The van der Waals surface area contributed by atoms with Gasteiger partial charge in [0.2, 0.25) is 10.9 Å². The number of hydrogen-bond donors (Lipinski definition) is 1. The molecule has 3 aromatic rings. The molecule has 1 N–H and O–H groups in total. The maximum Gasteiger partial charge on any atom is 0.450 e. The molecular weight excluding hydrogens is 411 g/mol. The van der Waals surface area contributed by atoms with E-state index in [4.69, 9.17) is 9.15 Å². The first-order chi connectivity index (χ1) is 13.7. The topological polar surface area (TPSA) is 94.3 Å². The van der Waals surface area contributed by atoms with Gasteiger partial charge in [0.05, 0.1) is 19.1 Å². The summed E-state index contributed by atoms with van der Waals surface area (Å²) < 4.78 is 54.1. The van der Waals surface area contributed by atoms with Crippen molar-refractivity contribution in [3.63, 3.8) is 0 Å². The Labute approximate surface area is 166 Å². The summed E-state index contributed by atoms with van der Waals surface area (Å²) in [5.41, 5.74) is -0.382. The van der Waals surface area contributed by atoms with Crippen LogP contribution in [-0.2, 0) is 17.4 Å². The molecule has 0 bridgehead atoms. The Balaban J connectivity index is 1.92. The third-order valence-corrected chi connectivity index (χ3v) is 4.35. The Bertz CT molecular complexity index is 1060. The van der Waals surface area contributed by atoms with Gasteiger partial charge in [0.25, 0.3) is 5.91 Å². The normalized spacial score (nSPS) is 11.3. The molecule has 7 nitrogen and oxygen atoms in total. The summed E-state index contributed by atoms with van der Waals surface area (Å²) in [6, 6.07) is 7.23. The summed E-state index contributed by atoms with van der Waals surface area (Å²) in [5, 5.41) is 2.24. The zero-order valence-corrected chi connectivity index (χ0v) is 16.0. The Morgan fingerprint density at radius 3 is 2.69 bits per heavy atom. The molecule has 152 valence electrons. The smallest absolute Gasteiger partial charge is 0.450 e. The van der Waals surface area contributed by atoms with Crippen molar-refractivity contribution < 1.29 is 31.9 Å². The number of nitrogens with zero attached hydrogens (tertiary/aromatic N) is 2. The summed E-state index contributed by atoms with van der Waals surface area (Å²) >= 11 is 0.762. The minimum Gasteiger partial charge on any atom is -0.497 e. The van der Waals surface area contributed by atoms with Crippen molar-refractivity contribution in [1.82, 2.24) is 9.36 Å². The quantitative estimate of drug-likeness (QED) is 0.636. The number of Topliss-reactive ketones (excluding diaryl/α,β-unsaturated/α-hetero) is 1. The van der Waals surface area contributed by atoms with Gasteiger partial charge in [0.15, 0.2) is 5.82 Å². The lowest BCUT2D eigenvalue weighted by Gasteiger charge is -2.05. The van der Waals surface area contributed by atoms with E-state index >= 15 is 0 Å². The lowest BCUT2D eigenvalue weighted by Crippen LogP contribution is -2.16. The summed E-state index contributed by atoms with van der Waals surface area (Å²) in [6.07, 6.45) is -4.92. The van der Waals surface area contributed by atoms with E-state index in [9.17, 15) is 22.8 Å².